The summed E-state index contributed by atoms with van der Waals surface area (Å²) in [5, 5.41) is 0. The van der Waals surface area contributed by atoms with E-state index in [0.717, 1.165) is 22.4 Å². The van der Waals surface area contributed by atoms with Crippen LogP contribution in [0.4, 0.5) is 0 Å². The molecule has 0 bridgehead atoms. The third kappa shape index (κ3) is 1.93. The first-order chi connectivity index (χ1) is 8.34. The zero-order valence-electron chi connectivity index (χ0n) is 8.92. The Morgan fingerprint density at radius 2 is 2.00 bits per heavy atom. The predicted molar refractivity (Wildman–Crippen MR) is 68.6 cm³/mol. The molecule has 5 heteroatoms. The van der Waals surface area contributed by atoms with Crippen LogP contribution in [0.15, 0.2) is 47.6 Å². The van der Waals surface area contributed by atoms with Gasteiger partial charge in [0.15, 0.2) is 10.4 Å². The first kappa shape index (κ1) is 10.4. The molecule has 17 heavy (non-hydrogen) atoms. The van der Waals surface area contributed by atoms with E-state index >= 15 is 0 Å². The summed E-state index contributed by atoms with van der Waals surface area (Å²) in [4.78, 5) is 12.6. The van der Waals surface area contributed by atoms with E-state index in [1.54, 1.807) is 6.20 Å². The second kappa shape index (κ2) is 4.25. The van der Waals surface area contributed by atoms with Gasteiger partial charge in [-0.05, 0) is 21.5 Å². The first-order valence-electron chi connectivity index (χ1n) is 5.20. The van der Waals surface area contributed by atoms with Crippen LogP contribution in [0.25, 0.3) is 11.2 Å². The predicted octanol–water partition coefficient (Wildman–Crippen LogP) is 2.64. The SMILES string of the molecule is Brc1nc2cncnc2n1Cc1ccccc1. The van der Waals surface area contributed by atoms with E-state index in [9.17, 15) is 0 Å². The molecule has 0 saturated heterocycles. The van der Waals surface area contributed by atoms with Gasteiger partial charge >= 0.3 is 0 Å². The van der Waals surface area contributed by atoms with Gasteiger partial charge in [0.05, 0.1) is 12.7 Å². The molecule has 0 radical (unpaired) electrons. The largest absolute Gasteiger partial charge is 0.299 e. The maximum absolute atomic E-state index is 4.36. The molecule has 0 N–H and O–H groups in total. The highest BCUT2D eigenvalue weighted by Gasteiger charge is 2.09. The molecule has 2 aromatic heterocycles. The highest BCUT2D eigenvalue weighted by Crippen LogP contribution is 2.18. The Labute approximate surface area is 106 Å². The van der Waals surface area contributed by atoms with E-state index < -0.39 is 0 Å². The van der Waals surface area contributed by atoms with Gasteiger partial charge in [-0.2, -0.15) is 0 Å². The molecule has 0 unspecified atom stereocenters. The molecule has 0 saturated carbocycles. The fourth-order valence-corrected chi connectivity index (χ4v) is 2.24. The van der Waals surface area contributed by atoms with Crippen molar-refractivity contribution in [2.75, 3.05) is 0 Å². The fraction of sp³-hybridized carbons (Fsp3) is 0.0833. The van der Waals surface area contributed by atoms with Crippen LogP contribution in [0.5, 0.6) is 0 Å². The smallest absolute Gasteiger partial charge is 0.179 e. The van der Waals surface area contributed by atoms with E-state index in [1.165, 1.54) is 11.9 Å². The second-order valence-electron chi connectivity index (χ2n) is 3.68. The maximum Gasteiger partial charge on any atom is 0.179 e. The van der Waals surface area contributed by atoms with Gasteiger partial charge in [0.1, 0.15) is 11.8 Å². The Morgan fingerprint density at radius 3 is 2.82 bits per heavy atom. The van der Waals surface area contributed by atoms with Crippen LogP contribution in [-0.4, -0.2) is 19.5 Å². The maximum atomic E-state index is 4.36. The van der Waals surface area contributed by atoms with Crippen molar-refractivity contribution in [3.63, 3.8) is 0 Å². The van der Waals surface area contributed by atoms with Crippen molar-refractivity contribution in [2.45, 2.75) is 6.54 Å². The third-order valence-electron chi connectivity index (χ3n) is 2.55. The van der Waals surface area contributed by atoms with Crippen molar-refractivity contribution < 1.29 is 0 Å². The molecule has 0 aliphatic rings. The normalized spacial score (nSPS) is 10.9. The topological polar surface area (TPSA) is 43.6 Å². The lowest BCUT2D eigenvalue weighted by Crippen LogP contribution is -2.00. The lowest BCUT2D eigenvalue weighted by Gasteiger charge is -2.04. The van der Waals surface area contributed by atoms with Crippen LogP contribution >= 0.6 is 15.9 Å². The summed E-state index contributed by atoms with van der Waals surface area (Å²) in [6.07, 6.45) is 3.26. The van der Waals surface area contributed by atoms with Crippen molar-refractivity contribution in [3.8, 4) is 0 Å². The van der Waals surface area contributed by atoms with Crippen molar-refractivity contribution >= 4 is 27.1 Å². The Bertz CT molecular complexity index is 648. The van der Waals surface area contributed by atoms with Gasteiger partial charge in [-0.25, -0.2) is 15.0 Å². The quantitative estimate of drug-likeness (QED) is 0.681. The summed E-state index contributed by atoms with van der Waals surface area (Å²) in [5.41, 5.74) is 2.86. The minimum Gasteiger partial charge on any atom is -0.299 e. The summed E-state index contributed by atoms with van der Waals surface area (Å²) in [6.45, 7) is 0.745. The molecule has 3 rings (SSSR count). The standard InChI is InChI=1S/C12H9BrN4/c13-12-16-10-6-14-8-15-11(10)17(12)7-9-4-2-1-3-5-9/h1-6,8H,7H2. The number of imidazole rings is 1. The molecule has 84 valence electrons. The van der Waals surface area contributed by atoms with E-state index in [1.807, 2.05) is 22.8 Å². The molecule has 0 spiro atoms. The summed E-state index contributed by atoms with van der Waals surface area (Å²) in [7, 11) is 0. The van der Waals surface area contributed by atoms with Gasteiger partial charge in [-0.1, -0.05) is 30.3 Å². The molecular formula is C12H9BrN4. The Hall–Kier alpha value is -1.75. The van der Waals surface area contributed by atoms with Gasteiger partial charge in [-0.15, -0.1) is 0 Å². The lowest BCUT2D eigenvalue weighted by atomic mass is 10.2. The molecular weight excluding hydrogens is 280 g/mol. The van der Waals surface area contributed by atoms with Gasteiger partial charge in [0, 0.05) is 0 Å². The van der Waals surface area contributed by atoms with Crippen molar-refractivity contribution in [1.82, 2.24) is 19.5 Å². The number of halogens is 1. The monoisotopic (exact) mass is 288 g/mol. The number of nitrogens with zero attached hydrogens (tertiary/aromatic N) is 4. The molecule has 3 aromatic rings. The van der Waals surface area contributed by atoms with Crippen LogP contribution in [0.1, 0.15) is 5.56 Å². The third-order valence-corrected chi connectivity index (χ3v) is 3.15. The van der Waals surface area contributed by atoms with E-state index in [0.29, 0.717) is 0 Å². The molecule has 2 heterocycles. The van der Waals surface area contributed by atoms with Crippen LogP contribution in [0, 0.1) is 0 Å². The van der Waals surface area contributed by atoms with E-state index in [-0.39, 0.29) is 0 Å². The summed E-state index contributed by atoms with van der Waals surface area (Å²) >= 11 is 3.45. The summed E-state index contributed by atoms with van der Waals surface area (Å²) < 4.78 is 2.80. The van der Waals surface area contributed by atoms with E-state index in [4.69, 9.17) is 0 Å². The van der Waals surface area contributed by atoms with Gasteiger partial charge < -0.3 is 0 Å². The number of benzene rings is 1. The minimum absolute atomic E-state index is 0.745. The van der Waals surface area contributed by atoms with Crippen LogP contribution in [0.3, 0.4) is 0 Å². The number of hydrogen-bond acceptors (Lipinski definition) is 3. The molecule has 0 atom stereocenters. The van der Waals surface area contributed by atoms with Crippen LogP contribution in [0.2, 0.25) is 0 Å². The highest BCUT2D eigenvalue weighted by atomic mass is 79.9. The van der Waals surface area contributed by atoms with Crippen molar-refractivity contribution in [2.24, 2.45) is 0 Å². The zero-order chi connectivity index (χ0) is 11.7. The average Bonchev–Trinajstić information content (AvgIpc) is 2.68. The highest BCUT2D eigenvalue weighted by molar-refractivity contribution is 9.10. The van der Waals surface area contributed by atoms with Gasteiger partial charge in [0.25, 0.3) is 0 Å². The molecule has 0 aliphatic heterocycles. The Balaban J connectivity index is 2.08. The van der Waals surface area contributed by atoms with E-state index in [2.05, 4.69) is 43.0 Å². The average molecular weight is 289 g/mol. The van der Waals surface area contributed by atoms with Gasteiger partial charge in [0.2, 0.25) is 0 Å². The van der Waals surface area contributed by atoms with Crippen LogP contribution in [-0.2, 0) is 6.54 Å². The molecule has 0 amide bonds. The molecule has 0 fully saturated rings. The molecule has 1 aromatic carbocycles. The Morgan fingerprint density at radius 1 is 1.18 bits per heavy atom. The fourth-order valence-electron chi connectivity index (χ4n) is 1.76. The first-order valence-corrected chi connectivity index (χ1v) is 5.99. The number of fused-ring (bicyclic) bond motifs is 1. The molecule has 0 aliphatic carbocycles. The van der Waals surface area contributed by atoms with Crippen molar-refractivity contribution in [1.29, 1.82) is 0 Å². The summed E-state index contributed by atoms with van der Waals surface area (Å²) in [6, 6.07) is 10.2. The summed E-state index contributed by atoms with van der Waals surface area (Å²) in [5.74, 6) is 0. The van der Waals surface area contributed by atoms with Crippen LogP contribution < -0.4 is 0 Å². The van der Waals surface area contributed by atoms with Gasteiger partial charge in [-0.3, -0.25) is 4.57 Å². The minimum atomic E-state index is 0.745. The number of aromatic nitrogens is 4. The zero-order valence-corrected chi connectivity index (χ0v) is 10.5. The molecule has 4 nitrogen and oxygen atoms in total. The number of hydrogen-bond donors (Lipinski definition) is 0. The number of rotatable bonds is 2. The van der Waals surface area contributed by atoms with Crippen molar-refractivity contribution in [3.05, 3.63) is 53.2 Å². The Kier molecular flexibility index (Phi) is 2.60. The second-order valence-corrected chi connectivity index (χ2v) is 4.39. The lowest BCUT2D eigenvalue weighted by molar-refractivity contribution is 0.790.